The zero-order chi connectivity index (χ0) is 17.6. The van der Waals surface area contributed by atoms with Crippen molar-refractivity contribution in [1.29, 1.82) is 0 Å². The van der Waals surface area contributed by atoms with Crippen LogP contribution < -0.4 is 10.1 Å². The molecule has 0 radical (unpaired) electrons. The Hall–Kier alpha value is -2.01. The summed E-state index contributed by atoms with van der Waals surface area (Å²) in [7, 11) is 1.63. The van der Waals surface area contributed by atoms with Gasteiger partial charge in [0.2, 0.25) is 0 Å². The molecule has 2 aromatic carbocycles. The normalized spacial score (nSPS) is 12.9. The number of rotatable bonds is 7. The molecule has 2 nitrogen and oxygen atoms in total. The minimum atomic E-state index is -4.29. The fourth-order valence-corrected chi connectivity index (χ4v) is 2.61. The molecule has 0 aromatic heterocycles. The first-order valence-electron chi connectivity index (χ1n) is 8.01. The Labute approximate surface area is 140 Å². The van der Waals surface area contributed by atoms with E-state index >= 15 is 0 Å². The van der Waals surface area contributed by atoms with E-state index < -0.39 is 11.7 Å². The van der Waals surface area contributed by atoms with Crippen molar-refractivity contribution in [2.75, 3.05) is 7.11 Å². The molecule has 2 rings (SSSR count). The largest absolute Gasteiger partial charge is 0.497 e. The van der Waals surface area contributed by atoms with Gasteiger partial charge in [-0.25, -0.2) is 0 Å². The molecular weight excluding hydrogens is 315 g/mol. The van der Waals surface area contributed by atoms with Crippen molar-refractivity contribution in [3.05, 3.63) is 65.2 Å². The highest BCUT2D eigenvalue weighted by Crippen LogP contribution is 2.31. The van der Waals surface area contributed by atoms with Crippen LogP contribution in [0.25, 0.3) is 0 Å². The number of quaternary nitrogens is 1. The predicted octanol–water partition coefficient (Wildman–Crippen LogP) is 3.80. The van der Waals surface area contributed by atoms with E-state index in [1.54, 1.807) is 19.2 Å². The van der Waals surface area contributed by atoms with Gasteiger partial charge in [-0.3, -0.25) is 0 Å². The van der Waals surface area contributed by atoms with E-state index in [0.717, 1.165) is 24.7 Å². The van der Waals surface area contributed by atoms with E-state index in [2.05, 4.69) is 0 Å². The summed E-state index contributed by atoms with van der Waals surface area (Å²) in [5.41, 5.74) is 0.997. The van der Waals surface area contributed by atoms with Crippen molar-refractivity contribution in [2.24, 2.45) is 0 Å². The molecule has 0 heterocycles. The highest BCUT2D eigenvalue weighted by molar-refractivity contribution is 5.29. The Kier molecular flexibility index (Phi) is 6.26. The maximum absolute atomic E-state index is 13.0. The highest BCUT2D eigenvalue weighted by Gasteiger charge is 2.33. The quantitative estimate of drug-likeness (QED) is 0.816. The average Bonchev–Trinajstić information content (AvgIpc) is 2.58. The number of halogens is 3. The molecule has 0 saturated carbocycles. The lowest BCUT2D eigenvalue weighted by Crippen LogP contribution is -2.87. The molecule has 0 aliphatic heterocycles. The van der Waals surface area contributed by atoms with Crippen LogP contribution in [0.4, 0.5) is 13.2 Å². The van der Waals surface area contributed by atoms with Crippen LogP contribution in [-0.4, -0.2) is 13.2 Å². The Morgan fingerprint density at radius 2 is 1.71 bits per heavy atom. The third-order valence-corrected chi connectivity index (χ3v) is 4.11. The van der Waals surface area contributed by atoms with Crippen LogP contribution in [0.15, 0.2) is 48.5 Å². The summed E-state index contributed by atoms with van der Waals surface area (Å²) in [5, 5.41) is 1.97. The van der Waals surface area contributed by atoms with Crippen LogP contribution in [0, 0.1) is 0 Å². The smallest absolute Gasteiger partial charge is 0.416 e. The number of hydrogen-bond donors (Lipinski definition) is 1. The number of ether oxygens (including phenoxy) is 1. The molecule has 24 heavy (non-hydrogen) atoms. The maximum Gasteiger partial charge on any atom is 0.416 e. The summed E-state index contributed by atoms with van der Waals surface area (Å²) in [6.07, 6.45) is -2.50. The molecule has 0 spiro atoms. The van der Waals surface area contributed by atoms with Gasteiger partial charge in [0.1, 0.15) is 12.3 Å². The van der Waals surface area contributed by atoms with Crippen molar-refractivity contribution in [3.8, 4) is 5.75 Å². The zero-order valence-electron chi connectivity index (χ0n) is 13.9. The SMILES string of the molecule is COc1ccc(CC[C@@H](C)[NH2+]Cc2ccccc2C(F)(F)F)cc1. The molecule has 2 N–H and O–H groups in total. The zero-order valence-corrected chi connectivity index (χ0v) is 13.9. The molecule has 0 saturated heterocycles. The van der Waals surface area contributed by atoms with E-state index in [-0.39, 0.29) is 6.04 Å². The van der Waals surface area contributed by atoms with Gasteiger partial charge in [-0.2, -0.15) is 13.2 Å². The fraction of sp³-hybridized carbons (Fsp3) is 0.368. The van der Waals surface area contributed by atoms with E-state index in [0.29, 0.717) is 12.1 Å². The van der Waals surface area contributed by atoms with Crippen molar-refractivity contribution in [3.63, 3.8) is 0 Å². The van der Waals surface area contributed by atoms with E-state index in [1.807, 2.05) is 36.5 Å². The highest BCUT2D eigenvalue weighted by atomic mass is 19.4. The molecular formula is C19H23F3NO+. The molecule has 0 aliphatic carbocycles. The van der Waals surface area contributed by atoms with Crippen molar-refractivity contribution >= 4 is 0 Å². The van der Waals surface area contributed by atoms with Crippen LogP contribution >= 0.6 is 0 Å². The van der Waals surface area contributed by atoms with Gasteiger partial charge in [-0.15, -0.1) is 0 Å². The number of nitrogens with two attached hydrogens (primary N) is 1. The molecule has 130 valence electrons. The Bertz CT molecular complexity index is 638. The second kappa shape index (κ2) is 8.20. The average molecular weight is 338 g/mol. The maximum atomic E-state index is 13.0. The summed E-state index contributed by atoms with van der Waals surface area (Å²) in [5.74, 6) is 0.821. The van der Waals surface area contributed by atoms with E-state index in [9.17, 15) is 13.2 Å². The topological polar surface area (TPSA) is 25.8 Å². The Balaban J connectivity index is 1.86. The van der Waals surface area contributed by atoms with Crippen molar-refractivity contribution < 1.29 is 23.2 Å². The van der Waals surface area contributed by atoms with Crippen LogP contribution in [0.5, 0.6) is 5.75 Å². The first-order valence-corrected chi connectivity index (χ1v) is 8.01. The molecule has 0 bridgehead atoms. The first kappa shape index (κ1) is 18.3. The van der Waals surface area contributed by atoms with Gasteiger partial charge < -0.3 is 10.1 Å². The lowest BCUT2D eigenvalue weighted by atomic mass is 10.0. The lowest BCUT2D eigenvalue weighted by molar-refractivity contribution is -0.702. The number of hydrogen-bond acceptors (Lipinski definition) is 1. The van der Waals surface area contributed by atoms with Gasteiger partial charge in [-0.1, -0.05) is 30.3 Å². The molecule has 0 amide bonds. The Morgan fingerprint density at radius 1 is 1.04 bits per heavy atom. The van der Waals surface area contributed by atoms with Crippen LogP contribution in [-0.2, 0) is 19.1 Å². The second-order valence-electron chi connectivity index (χ2n) is 5.96. The third kappa shape index (κ3) is 5.27. The van der Waals surface area contributed by atoms with E-state index in [1.165, 1.54) is 11.6 Å². The summed E-state index contributed by atoms with van der Waals surface area (Å²) in [4.78, 5) is 0. The van der Waals surface area contributed by atoms with Gasteiger partial charge in [-0.05, 0) is 37.1 Å². The number of methoxy groups -OCH3 is 1. The molecule has 5 heteroatoms. The standard InChI is InChI=1S/C19H22F3NO/c1-14(7-8-15-9-11-17(24-2)12-10-15)23-13-16-5-3-4-6-18(16)19(20,21)22/h3-6,9-12,14,23H,7-8,13H2,1-2H3/p+1/t14-/m1/s1. The fourth-order valence-electron chi connectivity index (χ4n) is 2.61. The van der Waals surface area contributed by atoms with Crippen LogP contribution in [0.1, 0.15) is 30.0 Å². The first-order chi connectivity index (χ1) is 11.4. The number of aryl methyl sites for hydroxylation is 1. The monoisotopic (exact) mass is 338 g/mol. The molecule has 0 aliphatic rings. The predicted molar refractivity (Wildman–Crippen MR) is 87.9 cm³/mol. The van der Waals surface area contributed by atoms with Gasteiger partial charge in [0.15, 0.2) is 0 Å². The molecule has 0 unspecified atom stereocenters. The summed E-state index contributed by atoms with van der Waals surface area (Å²) in [6, 6.07) is 13.9. The second-order valence-corrected chi connectivity index (χ2v) is 5.96. The number of benzene rings is 2. The minimum absolute atomic E-state index is 0.244. The minimum Gasteiger partial charge on any atom is -0.497 e. The molecule has 1 atom stereocenters. The number of alkyl halides is 3. The van der Waals surface area contributed by atoms with E-state index in [4.69, 9.17) is 4.74 Å². The molecule has 2 aromatic rings. The van der Waals surface area contributed by atoms with Gasteiger partial charge in [0.25, 0.3) is 0 Å². The van der Waals surface area contributed by atoms with Gasteiger partial charge in [0.05, 0.1) is 18.7 Å². The lowest BCUT2D eigenvalue weighted by Gasteiger charge is -2.15. The Morgan fingerprint density at radius 3 is 2.33 bits per heavy atom. The van der Waals surface area contributed by atoms with Crippen LogP contribution in [0.2, 0.25) is 0 Å². The van der Waals surface area contributed by atoms with Crippen LogP contribution in [0.3, 0.4) is 0 Å². The van der Waals surface area contributed by atoms with Crippen molar-refractivity contribution in [2.45, 2.75) is 38.5 Å². The third-order valence-electron chi connectivity index (χ3n) is 4.11. The summed E-state index contributed by atoms with van der Waals surface area (Å²) in [6.45, 7) is 2.37. The van der Waals surface area contributed by atoms with Gasteiger partial charge in [0, 0.05) is 12.0 Å². The molecule has 0 fully saturated rings. The summed E-state index contributed by atoms with van der Waals surface area (Å²) >= 11 is 0. The van der Waals surface area contributed by atoms with Gasteiger partial charge >= 0.3 is 6.18 Å². The van der Waals surface area contributed by atoms with Crippen molar-refractivity contribution in [1.82, 2.24) is 0 Å². The summed E-state index contributed by atoms with van der Waals surface area (Å²) < 4.78 is 44.1.